The van der Waals surface area contributed by atoms with Crippen molar-refractivity contribution in [2.45, 2.75) is 0 Å². The fraction of sp³-hybridized carbons (Fsp3) is 0.111. The lowest BCUT2D eigenvalue weighted by Gasteiger charge is -2.00. The minimum Gasteiger partial charge on any atom is -0.497 e. The first-order chi connectivity index (χ1) is 11.8. The number of hydrogen-bond acceptors (Lipinski definition) is 6. The zero-order valence-electron chi connectivity index (χ0n) is 13.4. The van der Waals surface area contributed by atoms with Crippen molar-refractivity contribution in [3.63, 3.8) is 0 Å². The Balaban J connectivity index is 1.63. The molecule has 0 fully saturated rings. The third-order valence-electron chi connectivity index (χ3n) is 3.38. The van der Waals surface area contributed by atoms with Gasteiger partial charge in [0, 0.05) is 10.9 Å². The molecule has 3 aromatic rings. The maximum Gasteiger partial charge on any atom is 0.203 e. The average Bonchev–Trinajstić information content (AvgIpc) is 3.11. The van der Waals surface area contributed by atoms with Crippen molar-refractivity contribution in [2.24, 2.45) is 5.10 Å². The van der Waals surface area contributed by atoms with Crippen LogP contribution in [0.15, 0.2) is 59.0 Å². The van der Waals surface area contributed by atoms with Gasteiger partial charge in [-0.2, -0.15) is 5.10 Å². The first kappa shape index (κ1) is 16.0. The van der Waals surface area contributed by atoms with E-state index >= 15 is 0 Å². The summed E-state index contributed by atoms with van der Waals surface area (Å²) in [5.41, 5.74) is 5.89. The van der Waals surface area contributed by atoms with Gasteiger partial charge in [0.25, 0.3) is 0 Å². The first-order valence-electron chi connectivity index (χ1n) is 7.31. The zero-order chi connectivity index (χ0) is 16.8. The van der Waals surface area contributed by atoms with E-state index in [0.29, 0.717) is 0 Å². The lowest BCUT2D eigenvalue weighted by molar-refractivity contribution is 0.414. The molecule has 0 saturated heterocycles. The number of nitrogens with one attached hydrogen (secondary N) is 1. The van der Waals surface area contributed by atoms with E-state index in [1.807, 2.05) is 53.9 Å². The monoisotopic (exact) mass is 339 g/mol. The van der Waals surface area contributed by atoms with Crippen LogP contribution in [0.3, 0.4) is 0 Å². The molecule has 5 nitrogen and oxygen atoms in total. The van der Waals surface area contributed by atoms with Gasteiger partial charge in [-0.1, -0.05) is 0 Å². The Hall–Kier alpha value is -2.86. The van der Waals surface area contributed by atoms with Crippen LogP contribution in [-0.4, -0.2) is 25.4 Å². The summed E-state index contributed by atoms with van der Waals surface area (Å²) in [6.45, 7) is 0. The van der Waals surface area contributed by atoms with Crippen LogP contribution in [0.2, 0.25) is 0 Å². The maximum atomic E-state index is 5.16. The van der Waals surface area contributed by atoms with Crippen molar-refractivity contribution in [1.82, 2.24) is 4.98 Å². The number of nitrogens with zero attached hydrogens (tertiary/aromatic N) is 2. The molecule has 0 aliphatic heterocycles. The van der Waals surface area contributed by atoms with Gasteiger partial charge in [-0.25, -0.2) is 4.98 Å². The summed E-state index contributed by atoms with van der Waals surface area (Å²) in [5.74, 6) is 1.65. The Labute approximate surface area is 144 Å². The number of aromatic nitrogens is 1. The summed E-state index contributed by atoms with van der Waals surface area (Å²) in [6.07, 6.45) is 1.74. The van der Waals surface area contributed by atoms with Gasteiger partial charge in [-0.15, -0.1) is 11.3 Å². The summed E-state index contributed by atoms with van der Waals surface area (Å²) in [5, 5.41) is 6.95. The summed E-state index contributed by atoms with van der Waals surface area (Å²) >= 11 is 1.51. The molecule has 0 aliphatic rings. The van der Waals surface area contributed by atoms with Crippen molar-refractivity contribution in [1.29, 1.82) is 0 Å². The van der Waals surface area contributed by atoms with E-state index in [2.05, 4.69) is 15.5 Å². The van der Waals surface area contributed by atoms with Crippen molar-refractivity contribution >= 4 is 22.7 Å². The standard InChI is InChI=1S/C18H17N3O2S/c1-22-15-7-3-13(4-8-15)11-19-21-18-20-17(12-24-18)14-5-9-16(23-2)10-6-14/h3-12H,1-2H3,(H,20,21). The Bertz CT molecular complexity index is 811. The molecule has 0 unspecified atom stereocenters. The number of hydrogen-bond donors (Lipinski definition) is 1. The zero-order valence-corrected chi connectivity index (χ0v) is 14.2. The van der Waals surface area contributed by atoms with Gasteiger partial charge in [0.05, 0.1) is 26.1 Å². The molecular formula is C18H17N3O2S. The molecule has 0 radical (unpaired) electrons. The minimum atomic E-state index is 0.741. The molecule has 2 aromatic carbocycles. The minimum absolute atomic E-state index is 0.741. The third kappa shape index (κ3) is 3.91. The highest BCUT2D eigenvalue weighted by atomic mass is 32.1. The average molecular weight is 339 g/mol. The summed E-state index contributed by atoms with van der Waals surface area (Å²) < 4.78 is 10.3. The van der Waals surface area contributed by atoms with Crippen LogP contribution >= 0.6 is 11.3 Å². The van der Waals surface area contributed by atoms with Crippen LogP contribution in [0.25, 0.3) is 11.3 Å². The van der Waals surface area contributed by atoms with Crippen molar-refractivity contribution in [2.75, 3.05) is 19.6 Å². The highest BCUT2D eigenvalue weighted by molar-refractivity contribution is 7.14. The van der Waals surface area contributed by atoms with Crippen molar-refractivity contribution in [3.05, 3.63) is 59.5 Å². The number of anilines is 1. The fourth-order valence-corrected chi connectivity index (χ4v) is 2.74. The van der Waals surface area contributed by atoms with Crippen molar-refractivity contribution in [3.8, 4) is 22.8 Å². The molecule has 122 valence electrons. The molecular weight excluding hydrogens is 322 g/mol. The summed E-state index contributed by atoms with van der Waals surface area (Å²) in [7, 11) is 3.30. The van der Waals surface area contributed by atoms with Gasteiger partial charge < -0.3 is 9.47 Å². The van der Waals surface area contributed by atoms with Crippen LogP contribution in [0, 0.1) is 0 Å². The molecule has 1 N–H and O–H groups in total. The van der Waals surface area contributed by atoms with E-state index in [-0.39, 0.29) is 0 Å². The number of benzene rings is 2. The Morgan fingerprint density at radius 1 is 0.958 bits per heavy atom. The molecule has 0 amide bonds. The molecule has 24 heavy (non-hydrogen) atoms. The van der Waals surface area contributed by atoms with Crippen LogP contribution in [0.1, 0.15) is 5.56 Å². The molecule has 0 bridgehead atoms. The predicted molar refractivity (Wildman–Crippen MR) is 98.3 cm³/mol. The quantitative estimate of drug-likeness (QED) is 0.538. The second-order valence-electron chi connectivity index (χ2n) is 4.91. The lowest BCUT2D eigenvalue weighted by atomic mass is 10.2. The SMILES string of the molecule is COc1ccc(C=NNc2nc(-c3ccc(OC)cc3)cs2)cc1. The molecule has 1 aromatic heterocycles. The van der Waals surface area contributed by atoms with Crippen molar-refractivity contribution < 1.29 is 9.47 Å². The van der Waals surface area contributed by atoms with Crippen LogP contribution < -0.4 is 14.9 Å². The fourth-order valence-electron chi connectivity index (χ4n) is 2.07. The number of ether oxygens (including phenoxy) is 2. The highest BCUT2D eigenvalue weighted by Crippen LogP contribution is 2.26. The van der Waals surface area contributed by atoms with E-state index in [9.17, 15) is 0 Å². The first-order valence-corrected chi connectivity index (χ1v) is 8.19. The van der Waals surface area contributed by atoms with Gasteiger partial charge in [-0.3, -0.25) is 5.43 Å². The number of thiazole rings is 1. The molecule has 0 spiro atoms. The normalized spacial score (nSPS) is 10.8. The smallest absolute Gasteiger partial charge is 0.203 e. The van der Waals surface area contributed by atoms with E-state index in [1.165, 1.54) is 11.3 Å². The molecule has 0 atom stereocenters. The highest BCUT2D eigenvalue weighted by Gasteiger charge is 2.04. The Kier molecular flexibility index (Phi) is 5.08. The molecule has 1 heterocycles. The molecule has 3 rings (SSSR count). The van der Waals surface area contributed by atoms with E-state index in [0.717, 1.165) is 33.5 Å². The second-order valence-corrected chi connectivity index (χ2v) is 5.77. The second kappa shape index (κ2) is 7.61. The van der Waals surface area contributed by atoms with Gasteiger partial charge in [0.15, 0.2) is 0 Å². The van der Waals surface area contributed by atoms with E-state index < -0.39 is 0 Å². The third-order valence-corrected chi connectivity index (χ3v) is 4.13. The number of hydrazone groups is 1. The molecule has 0 saturated carbocycles. The number of methoxy groups -OCH3 is 2. The molecule has 6 heteroatoms. The summed E-state index contributed by atoms with van der Waals surface area (Å²) in [4.78, 5) is 4.53. The van der Waals surface area contributed by atoms with Crippen LogP contribution in [-0.2, 0) is 0 Å². The van der Waals surface area contributed by atoms with Gasteiger partial charge >= 0.3 is 0 Å². The topological polar surface area (TPSA) is 55.7 Å². The van der Waals surface area contributed by atoms with Gasteiger partial charge in [0.2, 0.25) is 5.13 Å². The van der Waals surface area contributed by atoms with Crippen LogP contribution in [0.5, 0.6) is 11.5 Å². The van der Waals surface area contributed by atoms with E-state index in [4.69, 9.17) is 9.47 Å². The molecule has 0 aliphatic carbocycles. The largest absolute Gasteiger partial charge is 0.497 e. The van der Waals surface area contributed by atoms with Gasteiger partial charge in [0.1, 0.15) is 11.5 Å². The number of rotatable bonds is 6. The Morgan fingerprint density at radius 3 is 2.21 bits per heavy atom. The lowest BCUT2D eigenvalue weighted by Crippen LogP contribution is -1.90. The maximum absolute atomic E-state index is 5.16. The van der Waals surface area contributed by atoms with E-state index in [1.54, 1.807) is 20.4 Å². The van der Waals surface area contributed by atoms with Crippen LogP contribution in [0.4, 0.5) is 5.13 Å². The summed E-state index contributed by atoms with van der Waals surface area (Å²) in [6, 6.07) is 15.5. The predicted octanol–water partition coefficient (Wildman–Crippen LogP) is 4.27. The van der Waals surface area contributed by atoms with Gasteiger partial charge in [-0.05, 0) is 54.1 Å². The Morgan fingerprint density at radius 2 is 1.58 bits per heavy atom.